The topological polar surface area (TPSA) is 79.5 Å². The maximum atomic E-state index is 13.7. The minimum atomic E-state index is -1.24. The molecule has 34 heavy (non-hydrogen) atoms. The number of nitrogens with one attached hydrogen (secondary N) is 3. The lowest BCUT2D eigenvalue weighted by Gasteiger charge is -2.29. The number of anilines is 2. The number of hydrogen-bond donors (Lipinski definition) is 3. The van der Waals surface area contributed by atoms with E-state index < -0.39 is 11.5 Å². The van der Waals surface area contributed by atoms with E-state index in [1.807, 2.05) is 36.4 Å². The van der Waals surface area contributed by atoms with Crippen LogP contribution in [0.15, 0.2) is 66.7 Å². The molecule has 1 spiro atoms. The van der Waals surface area contributed by atoms with Crippen LogP contribution >= 0.6 is 23.2 Å². The van der Waals surface area contributed by atoms with Gasteiger partial charge in [-0.25, -0.2) is 0 Å². The first-order chi connectivity index (χ1) is 16.4. The first-order valence-corrected chi connectivity index (χ1v) is 11.7. The summed E-state index contributed by atoms with van der Waals surface area (Å²) in [4.78, 5) is 27.2. The Balaban J connectivity index is 1.54. The lowest BCUT2D eigenvalue weighted by Crippen LogP contribution is -2.52. The second kappa shape index (κ2) is 8.95. The van der Waals surface area contributed by atoms with Crippen LogP contribution in [0.4, 0.5) is 11.4 Å². The van der Waals surface area contributed by atoms with Gasteiger partial charge in [-0.1, -0.05) is 65.7 Å². The summed E-state index contributed by atoms with van der Waals surface area (Å²) in [6, 6.07) is 20.3. The third kappa shape index (κ3) is 3.82. The fraction of sp³-hybridized carbons (Fsp3) is 0.231. The summed E-state index contributed by atoms with van der Waals surface area (Å²) in [5.74, 6) is -0.793. The van der Waals surface area contributed by atoms with Gasteiger partial charge >= 0.3 is 0 Å². The zero-order chi connectivity index (χ0) is 23.9. The van der Waals surface area contributed by atoms with Crippen LogP contribution in [0.3, 0.4) is 0 Å². The number of halogens is 2. The summed E-state index contributed by atoms with van der Waals surface area (Å²) in [5, 5.41) is 10.3. The van der Waals surface area contributed by atoms with Gasteiger partial charge in [-0.05, 0) is 42.7 Å². The summed E-state index contributed by atoms with van der Waals surface area (Å²) in [5.41, 5.74) is 1.55. The highest BCUT2D eigenvalue weighted by molar-refractivity contribution is 6.35. The molecule has 0 radical (unpaired) electrons. The van der Waals surface area contributed by atoms with Crippen molar-refractivity contribution in [1.29, 1.82) is 0 Å². The molecule has 2 aliphatic heterocycles. The second-order valence-electron chi connectivity index (χ2n) is 8.58. The fourth-order valence-corrected chi connectivity index (χ4v) is 5.47. The van der Waals surface area contributed by atoms with Crippen LogP contribution in [-0.4, -0.2) is 25.0 Å². The van der Waals surface area contributed by atoms with Crippen molar-refractivity contribution in [1.82, 2.24) is 5.32 Å². The number of ether oxygens (including phenoxy) is 1. The Labute approximate surface area is 207 Å². The van der Waals surface area contributed by atoms with E-state index in [2.05, 4.69) is 16.0 Å². The van der Waals surface area contributed by atoms with Crippen molar-refractivity contribution in [3.05, 3.63) is 87.9 Å². The van der Waals surface area contributed by atoms with Gasteiger partial charge < -0.3 is 15.4 Å². The molecule has 2 amide bonds. The van der Waals surface area contributed by atoms with Gasteiger partial charge in [0.15, 0.2) is 0 Å². The van der Waals surface area contributed by atoms with E-state index in [9.17, 15) is 9.59 Å². The molecule has 5 rings (SSSR count). The highest BCUT2D eigenvalue weighted by Crippen LogP contribution is 2.49. The third-order valence-electron chi connectivity index (χ3n) is 6.57. The first kappa shape index (κ1) is 22.7. The number of rotatable bonds is 5. The second-order valence-corrected chi connectivity index (χ2v) is 9.42. The minimum Gasteiger partial charge on any atom is -0.495 e. The van der Waals surface area contributed by atoms with E-state index in [1.54, 1.807) is 30.3 Å². The normalized spacial score (nSPS) is 23.0. The molecule has 2 heterocycles. The van der Waals surface area contributed by atoms with Gasteiger partial charge in [0.25, 0.3) is 0 Å². The van der Waals surface area contributed by atoms with Gasteiger partial charge in [-0.3, -0.25) is 14.9 Å². The van der Waals surface area contributed by atoms with Gasteiger partial charge in [-0.15, -0.1) is 0 Å². The Kier molecular flexibility index (Phi) is 5.98. The maximum absolute atomic E-state index is 13.7. The third-order valence-corrected chi connectivity index (χ3v) is 7.12. The molecule has 3 N–H and O–H groups in total. The van der Waals surface area contributed by atoms with Crippen molar-refractivity contribution in [2.24, 2.45) is 5.92 Å². The first-order valence-electron chi connectivity index (χ1n) is 11.0. The molecule has 3 aromatic rings. The molecule has 2 aliphatic rings. The van der Waals surface area contributed by atoms with E-state index in [1.165, 1.54) is 7.11 Å². The minimum absolute atomic E-state index is 0.102. The standard InChI is InChI=1S/C26H23Cl2N3O3/c1-34-22-11-10-16(27)13-21(22)29-24(32)19-14-17(12-15-6-3-2-4-7-15)31-26(19)18-8-5-9-20(28)23(18)30-25(26)33/h2-11,13,17,19,31H,12,14H2,1H3,(H,29,32)(H,30,33)/t17-,19+,26-/m1/s1. The predicted octanol–water partition coefficient (Wildman–Crippen LogP) is 5.01. The average Bonchev–Trinajstić information content (AvgIpc) is 3.34. The van der Waals surface area contributed by atoms with Crippen molar-refractivity contribution < 1.29 is 14.3 Å². The lowest BCUT2D eigenvalue weighted by atomic mass is 9.79. The zero-order valence-electron chi connectivity index (χ0n) is 18.4. The summed E-state index contributed by atoms with van der Waals surface area (Å²) in [6.07, 6.45) is 1.14. The molecule has 3 aromatic carbocycles. The Morgan fingerprint density at radius 1 is 1.12 bits per heavy atom. The van der Waals surface area contributed by atoms with Crippen molar-refractivity contribution in [3.8, 4) is 5.75 Å². The van der Waals surface area contributed by atoms with E-state index in [-0.39, 0.29) is 17.9 Å². The number of carbonyl (C=O) groups is 2. The molecule has 0 aliphatic carbocycles. The van der Waals surface area contributed by atoms with Crippen LogP contribution in [0, 0.1) is 5.92 Å². The van der Waals surface area contributed by atoms with E-state index in [0.717, 1.165) is 5.56 Å². The molecular formula is C26H23Cl2N3O3. The molecule has 6 nitrogen and oxygen atoms in total. The zero-order valence-corrected chi connectivity index (χ0v) is 19.9. The number of fused-ring (bicyclic) bond motifs is 2. The van der Waals surface area contributed by atoms with Crippen LogP contribution in [-0.2, 0) is 21.5 Å². The number of amides is 2. The van der Waals surface area contributed by atoms with Crippen LogP contribution < -0.4 is 20.7 Å². The maximum Gasteiger partial charge on any atom is 0.250 e. The van der Waals surface area contributed by atoms with Gasteiger partial charge in [0.2, 0.25) is 11.8 Å². The molecule has 0 aromatic heterocycles. The van der Waals surface area contributed by atoms with E-state index >= 15 is 0 Å². The number of para-hydroxylation sites is 1. The summed E-state index contributed by atoms with van der Waals surface area (Å²) in [7, 11) is 1.52. The molecule has 1 fully saturated rings. The van der Waals surface area contributed by atoms with Crippen molar-refractivity contribution in [2.45, 2.75) is 24.4 Å². The monoisotopic (exact) mass is 495 g/mol. The molecule has 0 saturated carbocycles. The summed E-state index contributed by atoms with van der Waals surface area (Å²) < 4.78 is 5.39. The number of benzene rings is 3. The number of hydrogen-bond acceptors (Lipinski definition) is 4. The van der Waals surface area contributed by atoms with Crippen LogP contribution in [0.25, 0.3) is 0 Å². The fourth-order valence-electron chi connectivity index (χ4n) is 5.08. The van der Waals surface area contributed by atoms with E-state index in [0.29, 0.717) is 45.6 Å². The lowest BCUT2D eigenvalue weighted by molar-refractivity contribution is -0.130. The predicted molar refractivity (Wildman–Crippen MR) is 134 cm³/mol. The SMILES string of the molecule is COc1ccc(Cl)cc1NC(=O)[C@@H]1C[C@@H](Cc2ccccc2)N[C@@]12C(=O)Nc1c(Cl)cccc12. The van der Waals surface area contributed by atoms with Gasteiger partial charge in [0.05, 0.1) is 29.4 Å². The molecule has 174 valence electrons. The highest BCUT2D eigenvalue weighted by atomic mass is 35.5. The van der Waals surface area contributed by atoms with Crippen molar-refractivity contribution in [3.63, 3.8) is 0 Å². The largest absolute Gasteiger partial charge is 0.495 e. The van der Waals surface area contributed by atoms with Gasteiger partial charge in [0, 0.05) is 16.6 Å². The Morgan fingerprint density at radius 3 is 2.68 bits per heavy atom. The molecule has 0 bridgehead atoms. The summed E-state index contributed by atoms with van der Waals surface area (Å²) >= 11 is 12.6. The molecule has 3 atom stereocenters. The van der Waals surface area contributed by atoms with E-state index in [4.69, 9.17) is 27.9 Å². The molecule has 0 unspecified atom stereocenters. The van der Waals surface area contributed by atoms with Gasteiger partial charge in [0.1, 0.15) is 11.3 Å². The molecular weight excluding hydrogens is 473 g/mol. The van der Waals surface area contributed by atoms with Crippen LogP contribution in [0.5, 0.6) is 5.75 Å². The number of carbonyl (C=O) groups excluding carboxylic acids is 2. The smallest absolute Gasteiger partial charge is 0.250 e. The van der Waals surface area contributed by atoms with Crippen LogP contribution in [0.2, 0.25) is 10.0 Å². The Morgan fingerprint density at radius 2 is 1.91 bits per heavy atom. The Hall–Kier alpha value is -3.06. The molecule has 1 saturated heterocycles. The molecule has 8 heteroatoms. The highest BCUT2D eigenvalue weighted by Gasteiger charge is 2.60. The van der Waals surface area contributed by atoms with Crippen LogP contribution in [0.1, 0.15) is 17.5 Å². The van der Waals surface area contributed by atoms with Crippen molar-refractivity contribution >= 4 is 46.4 Å². The number of methoxy groups -OCH3 is 1. The average molecular weight is 496 g/mol. The Bertz CT molecular complexity index is 1270. The van der Waals surface area contributed by atoms with Crippen molar-refractivity contribution in [2.75, 3.05) is 17.7 Å². The quantitative estimate of drug-likeness (QED) is 0.464. The van der Waals surface area contributed by atoms with Gasteiger partial charge in [-0.2, -0.15) is 0 Å². The summed E-state index contributed by atoms with van der Waals surface area (Å²) in [6.45, 7) is 0.